The SMILES string of the molecule is CC1(C)CCC(C)(C)c2cc3c(cc21)c1ccccc1n3-c1ccc2c(c1)sc1cc(-c3nc(-c4ccccc4)nc(-c4ccccc4)n3)ccc12. The summed E-state index contributed by atoms with van der Waals surface area (Å²) in [6.07, 6.45) is 2.40. The minimum absolute atomic E-state index is 0.135. The minimum atomic E-state index is 0.135. The van der Waals surface area contributed by atoms with Crippen LogP contribution in [0.25, 0.3) is 81.8 Å². The van der Waals surface area contributed by atoms with Crippen molar-refractivity contribution in [1.82, 2.24) is 19.5 Å². The van der Waals surface area contributed by atoms with E-state index in [2.05, 4.69) is 105 Å². The van der Waals surface area contributed by atoms with Gasteiger partial charge in [-0.15, -0.1) is 11.3 Å². The molecule has 3 heterocycles. The summed E-state index contributed by atoms with van der Waals surface area (Å²) in [6.45, 7) is 9.66. The number of nitrogens with zero attached hydrogens (tertiary/aromatic N) is 4. The first-order valence-electron chi connectivity index (χ1n) is 18.2. The maximum atomic E-state index is 4.99. The summed E-state index contributed by atoms with van der Waals surface area (Å²) in [4.78, 5) is 14.9. The van der Waals surface area contributed by atoms with Crippen LogP contribution in [0.2, 0.25) is 0 Å². The highest BCUT2D eigenvalue weighted by molar-refractivity contribution is 7.25. The van der Waals surface area contributed by atoms with Gasteiger partial charge >= 0.3 is 0 Å². The average Bonchev–Trinajstić information content (AvgIpc) is 3.71. The Kier molecular flexibility index (Phi) is 6.84. The van der Waals surface area contributed by atoms with E-state index in [4.69, 9.17) is 15.0 Å². The van der Waals surface area contributed by atoms with Crippen LogP contribution in [0.1, 0.15) is 51.7 Å². The Labute approximate surface area is 307 Å². The Morgan fingerprint density at radius 1 is 0.462 bits per heavy atom. The molecule has 0 saturated carbocycles. The van der Waals surface area contributed by atoms with Crippen LogP contribution in [0.15, 0.2) is 133 Å². The lowest BCUT2D eigenvalue weighted by Crippen LogP contribution is -2.33. The summed E-state index contributed by atoms with van der Waals surface area (Å²) >= 11 is 1.83. The molecule has 0 amide bonds. The zero-order valence-electron chi connectivity index (χ0n) is 29.8. The van der Waals surface area contributed by atoms with Crippen molar-refractivity contribution < 1.29 is 0 Å². The van der Waals surface area contributed by atoms with Crippen LogP contribution in [0, 0.1) is 0 Å². The summed E-state index contributed by atoms with van der Waals surface area (Å²) in [5.41, 5.74) is 9.92. The second kappa shape index (κ2) is 11.4. The Balaban J connectivity index is 1.13. The number of benzene rings is 6. The average molecular weight is 691 g/mol. The van der Waals surface area contributed by atoms with Crippen molar-refractivity contribution in [3.05, 3.63) is 145 Å². The van der Waals surface area contributed by atoms with Crippen LogP contribution < -0.4 is 0 Å². The van der Waals surface area contributed by atoms with E-state index in [1.807, 2.05) is 72.0 Å². The highest BCUT2D eigenvalue weighted by atomic mass is 32.1. The smallest absolute Gasteiger partial charge is 0.164 e. The van der Waals surface area contributed by atoms with Crippen LogP contribution in [0.4, 0.5) is 0 Å². The molecular weight excluding hydrogens is 653 g/mol. The van der Waals surface area contributed by atoms with Crippen molar-refractivity contribution in [2.75, 3.05) is 0 Å². The lowest BCUT2D eigenvalue weighted by molar-refractivity contribution is 0.332. The van der Waals surface area contributed by atoms with Gasteiger partial charge in [-0.3, -0.25) is 0 Å². The summed E-state index contributed by atoms with van der Waals surface area (Å²) < 4.78 is 4.97. The molecule has 1 aliphatic carbocycles. The molecule has 0 fully saturated rings. The zero-order valence-corrected chi connectivity index (χ0v) is 30.6. The van der Waals surface area contributed by atoms with Crippen molar-refractivity contribution >= 4 is 53.3 Å². The molecule has 0 spiro atoms. The molecule has 0 N–H and O–H groups in total. The molecule has 1 aliphatic rings. The van der Waals surface area contributed by atoms with Crippen molar-refractivity contribution in [2.24, 2.45) is 0 Å². The molecule has 0 unspecified atom stereocenters. The summed E-state index contributed by atoms with van der Waals surface area (Å²) in [7, 11) is 0. The van der Waals surface area contributed by atoms with Crippen molar-refractivity contribution in [3.63, 3.8) is 0 Å². The molecule has 9 aromatic rings. The fourth-order valence-corrected chi connectivity index (χ4v) is 9.47. The molecule has 3 aromatic heterocycles. The van der Waals surface area contributed by atoms with Crippen LogP contribution in [0.5, 0.6) is 0 Å². The Hall–Kier alpha value is -5.65. The van der Waals surface area contributed by atoms with Gasteiger partial charge in [-0.05, 0) is 71.2 Å². The van der Waals surface area contributed by atoms with Gasteiger partial charge in [0.15, 0.2) is 17.5 Å². The van der Waals surface area contributed by atoms with E-state index in [0.29, 0.717) is 17.5 Å². The molecule has 10 rings (SSSR count). The number of aromatic nitrogens is 4. The van der Waals surface area contributed by atoms with Crippen LogP contribution in [0.3, 0.4) is 0 Å². The standard InChI is InChI=1S/C47H38N4S/c1-46(2)23-24-47(3,4)38-28-40-36(27-37(38)46)33-17-11-12-18-39(33)51(40)32-20-22-35-34-21-19-31(25-41(34)52-42(35)26-32)45-49-43(29-13-7-5-8-14-29)48-44(50-45)30-15-9-6-10-16-30/h5-22,25-28H,23-24H2,1-4H3. The van der Waals surface area contributed by atoms with E-state index in [1.165, 1.54) is 71.6 Å². The highest BCUT2D eigenvalue weighted by Gasteiger charge is 2.37. The molecule has 0 atom stereocenters. The molecule has 5 heteroatoms. The number of hydrogen-bond acceptors (Lipinski definition) is 4. The summed E-state index contributed by atoms with van der Waals surface area (Å²) in [5.74, 6) is 2.02. The normalized spacial score (nSPS) is 15.1. The number of hydrogen-bond donors (Lipinski definition) is 0. The monoisotopic (exact) mass is 690 g/mol. The quantitative estimate of drug-likeness (QED) is 0.185. The first kappa shape index (κ1) is 31.1. The van der Waals surface area contributed by atoms with Crippen LogP contribution in [-0.4, -0.2) is 19.5 Å². The topological polar surface area (TPSA) is 43.6 Å². The first-order valence-corrected chi connectivity index (χ1v) is 19.0. The van der Waals surface area contributed by atoms with Crippen molar-refractivity contribution in [1.29, 1.82) is 0 Å². The first-order chi connectivity index (χ1) is 25.2. The molecule has 0 bridgehead atoms. The van der Waals surface area contributed by atoms with Gasteiger partial charge in [-0.2, -0.15) is 0 Å². The zero-order chi connectivity index (χ0) is 35.2. The maximum Gasteiger partial charge on any atom is 0.164 e. The molecule has 4 nitrogen and oxygen atoms in total. The number of para-hydroxylation sites is 1. The predicted molar refractivity (Wildman–Crippen MR) is 219 cm³/mol. The molecule has 252 valence electrons. The summed E-state index contributed by atoms with van der Waals surface area (Å²) in [6, 6.07) is 47.8. The van der Waals surface area contributed by atoms with Gasteiger partial charge in [0.2, 0.25) is 0 Å². The lowest BCUT2D eigenvalue weighted by Gasteiger charge is -2.42. The van der Waals surface area contributed by atoms with E-state index >= 15 is 0 Å². The molecular formula is C47H38N4S. The van der Waals surface area contributed by atoms with Gasteiger partial charge in [-0.1, -0.05) is 125 Å². The second-order valence-corrected chi connectivity index (χ2v) is 16.7. The lowest BCUT2D eigenvalue weighted by atomic mass is 9.63. The Morgan fingerprint density at radius 2 is 1.00 bits per heavy atom. The Morgan fingerprint density at radius 3 is 1.65 bits per heavy atom. The van der Waals surface area contributed by atoms with Gasteiger partial charge in [-0.25, -0.2) is 15.0 Å². The number of rotatable bonds is 4. The minimum Gasteiger partial charge on any atom is -0.309 e. The molecule has 6 aromatic carbocycles. The van der Waals surface area contributed by atoms with Gasteiger partial charge in [0.1, 0.15) is 0 Å². The molecule has 0 aliphatic heterocycles. The van der Waals surface area contributed by atoms with E-state index < -0.39 is 0 Å². The number of fused-ring (bicyclic) bond motifs is 7. The van der Waals surface area contributed by atoms with Crippen molar-refractivity contribution in [2.45, 2.75) is 51.4 Å². The van der Waals surface area contributed by atoms with Crippen molar-refractivity contribution in [3.8, 4) is 39.9 Å². The number of thiophene rings is 1. The second-order valence-electron chi connectivity index (χ2n) is 15.6. The van der Waals surface area contributed by atoms with E-state index in [0.717, 1.165) is 16.7 Å². The fraction of sp³-hybridized carbons (Fsp3) is 0.170. The molecule has 0 saturated heterocycles. The molecule has 52 heavy (non-hydrogen) atoms. The third kappa shape index (κ3) is 4.91. The predicted octanol–water partition coefficient (Wildman–Crippen LogP) is 12.7. The third-order valence-corrected chi connectivity index (χ3v) is 12.4. The summed E-state index contributed by atoms with van der Waals surface area (Å²) in [5, 5.41) is 5.16. The third-order valence-electron chi connectivity index (χ3n) is 11.3. The van der Waals surface area contributed by atoms with E-state index in [9.17, 15) is 0 Å². The molecule has 0 radical (unpaired) electrons. The van der Waals surface area contributed by atoms with Gasteiger partial charge in [0.05, 0.1) is 11.0 Å². The maximum absolute atomic E-state index is 4.99. The van der Waals surface area contributed by atoms with E-state index in [1.54, 1.807) is 0 Å². The van der Waals surface area contributed by atoms with Gasteiger partial charge in [0.25, 0.3) is 0 Å². The van der Waals surface area contributed by atoms with E-state index in [-0.39, 0.29) is 10.8 Å². The van der Waals surface area contributed by atoms with Crippen LogP contribution >= 0.6 is 11.3 Å². The largest absolute Gasteiger partial charge is 0.309 e. The fourth-order valence-electron chi connectivity index (χ4n) is 8.29. The van der Waals surface area contributed by atoms with Gasteiger partial charge < -0.3 is 4.57 Å². The van der Waals surface area contributed by atoms with Crippen LogP contribution in [-0.2, 0) is 10.8 Å². The van der Waals surface area contributed by atoms with Gasteiger partial charge in [0, 0.05) is 53.3 Å². The Bertz CT molecular complexity index is 2790. The highest BCUT2D eigenvalue weighted by Crippen LogP contribution is 2.49.